The standard InChI is InChI=1S/C27H44O5/c1-4-7-10-13-20-30-24-17-18-25(31-21-14-11-8-5-2)27(23(24)16-19-26(28)29)32-22-15-12-9-6-3/h16-19H,4-15,20-22H2,1-3H3,(H,28,29). The largest absolute Gasteiger partial charge is 0.493 e. The Kier molecular flexibility index (Phi) is 16.0. The van der Waals surface area contributed by atoms with Gasteiger partial charge in [-0.2, -0.15) is 0 Å². The number of unbranched alkanes of at least 4 members (excludes halogenated alkanes) is 9. The second kappa shape index (κ2) is 18.4. The van der Waals surface area contributed by atoms with E-state index in [2.05, 4.69) is 20.8 Å². The number of benzene rings is 1. The first-order valence-electron chi connectivity index (χ1n) is 12.6. The molecule has 0 bridgehead atoms. The molecule has 0 atom stereocenters. The second-order valence-corrected chi connectivity index (χ2v) is 8.20. The SMILES string of the molecule is CCCCCCOc1ccc(OCCCCCC)c(OCCCCCC)c1C=CC(=O)O. The maximum atomic E-state index is 11.2. The summed E-state index contributed by atoms with van der Waals surface area (Å²) < 4.78 is 18.3. The number of carboxylic acid groups (broad SMARTS) is 1. The lowest BCUT2D eigenvalue weighted by Gasteiger charge is -2.18. The number of hydrogen-bond acceptors (Lipinski definition) is 4. The molecular formula is C27H44O5. The van der Waals surface area contributed by atoms with E-state index in [-0.39, 0.29) is 0 Å². The maximum Gasteiger partial charge on any atom is 0.328 e. The van der Waals surface area contributed by atoms with E-state index in [0.29, 0.717) is 42.6 Å². The molecule has 0 unspecified atom stereocenters. The molecular weight excluding hydrogens is 404 g/mol. The van der Waals surface area contributed by atoms with Crippen LogP contribution in [0.1, 0.15) is 103 Å². The van der Waals surface area contributed by atoms with Crippen molar-refractivity contribution in [2.24, 2.45) is 0 Å². The molecule has 1 aromatic rings. The summed E-state index contributed by atoms with van der Waals surface area (Å²) in [6.45, 7) is 8.34. The van der Waals surface area contributed by atoms with Gasteiger partial charge in [-0.05, 0) is 37.5 Å². The van der Waals surface area contributed by atoms with E-state index < -0.39 is 5.97 Å². The van der Waals surface area contributed by atoms with Crippen molar-refractivity contribution in [3.8, 4) is 17.2 Å². The lowest BCUT2D eigenvalue weighted by molar-refractivity contribution is -0.131. The van der Waals surface area contributed by atoms with Crippen molar-refractivity contribution < 1.29 is 24.1 Å². The Morgan fingerprint density at radius 3 is 1.69 bits per heavy atom. The highest BCUT2D eigenvalue weighted by Gasteiger charge is 2.16. The van der Waals surface area contributed by atoms with Gasteiger partial charge in [0, 0.05) is 6.08 Å². The molecule has 0 aliphatic heterocycles. The highest BCUT2D eigenvalue weighted by atomic mass is 16.5. The van der Waals surface area contributed by atoms with E-state index in [9.17, 15) is 9.90 Å². The Balaban J connectivity index is 3.03. The molecule has 0 aliphatic carbocycles. The third-order valence-corrected chi connectivity index (χ3v) is 5.27. The van der Waals surface area contributed by atoms with Gasteiger partial charge in [-0.15, -0.1) is 0 Å². The number of rotatable bonds is 20. The topological polar surface area (TPSA) is 65.0 Å². The van der Waals surface area contributed by atoms with Crippen molar-refractivity contribution in [3.05, 3.63) is 23.8 Å². The van der Waals surface area contributed by atoms with Crippen LogP contribution < -0.4 is 14.2 Å². The van der Waals surface area contributed by atoms with Crippen LogP contribution in [0.5, 0.6) is 17.2 Å². The summed E-state index contributed by atoms with van der Waals surface area (Å²) in [5, 5.41) is 9.20. The zero-order valence-corrected chi connectivity index (χ0v) is 20.5. The summed E-state index contributed by atoms with van der Waals surface area (Å²) in [7, 11) is 0. The Morgan fingerprint density at radius 2 is 1.19 bits per heavy atom. The average Bonchev–Trinajstić information content (AvgIpc) is 2.78. The third kappa shape index (κ3) is 12.0. The Morgan fingerprint density at radius 1 is 0.719 bits per heavy atom. The quantitative estimate of drug-likeness (QED) is 0.164. The van der Waals surface area contributed by atoms with E-state index in [1.54, 1.807) is 6.08 Å². The van der Waals surface area contributed by atoms with Gasteiger partial charge >= 0.3 is 5.97 Å². The highest BCUT2D eigenvalue weighted by molar-refractivity contribution is 5.87. The summed E-state index contributed by atoms with van der Waals surface area (Å²) >= 11 is 0. The monoisotopic (exact) mass is 448 g/mol. The molecule has 0 saturated heterocycles. The predicted octanol–water partition coefficient (Wildman–Crippen LogP) is 7.66. The average molecular weight is 449 g/mol. The van der Waals surface area contributed by atoms with Gasteiger partial charge in [0.2, 0.25) is 0 Å². The summed E-state index contributed by atoms with van der Waals surface area (Å²) in [5.41, 5.74) is 0.643. The van der Waals surface area contributed by atoms with Crippen LogP contribution >= 0.6 is 0 Å². The minimum Gasteiger partial charge on any atom is -0.493 e. The summed E-state index contributed by atoms with van der Waals surface area (Å²) in [6.07, 6.45) is 16.1. The second-order valence-electron chi connectivity index (χ2n) is 8.20. The first-order valence-corrected chi connectivity index (χ1v) is 12.6. The number of aliphatic carboxylic acids is 1. The molecule has 5 heteroatoms. The van der Waals surface area contributed by atoms with Crippen molar-refractivity contribution in [1.29, 1.82) is 0 Å². The summed E-state index contributed by atoms with van der Waals surface area (Å²) in [4.78, 5) is 11.2. The van der Waals surface area contributed by atoms with Gasteiger partial charge < -0.3 is 19.3 Å². The number of carboxylic acids is 1. The molecule has 32 heavy (non-hydrogen) atoms. The summed E-state index contributed by atoms with van der Waals surface area (Å²) in [5.74, 6) is 0.875. The minimum absolute atomic E-state index is 0.570. The van der Waals surface area contributed by atoms with Crippen molar-refractivity contribution in [2.45, 2.75) is 97.8 Å². The van der Waals surface area contributed by atoms with Gasteiger partial charge in [0.1, 0.15) is 5.75 Å². The smallest absolute Gasteiger partial charge is 0.328 e. The van der Waals surface area contributed by atoms with Crippen LogP contribution in [0.4, 0.5) is 0 Å². The first-order chi connectivity index (χ1) is 15.6. The van der Waals surface area contributed by atoms with Gasteiger partial charge in [-0.1, -0.05) is 78.6 Å². The van der Waals surface area contributed by atoms with Crippen LogP contribution in [0.25, 0.3) is 6.08 Å². The van der Waals surface area contributed by atoms with Crippen LogP contribution in [0.2, 0.25) is 0 Å². The van der Waals surface area contributed by atoms with Crippen LogP contribution in [-0.4, -0.2) is 30.9 Å². The van der Waals surface area contributed by atoms with Gasteiger partial charge in [0.15, 0.2) is 11.5 Å². The molecule has 0 spiro atoms. The number of hydrogen-bond donors (Lipinski definition) is 1. The number of ether oxygens (including phenoxy) is 3. The molecule has 1 N–H and O–H groups in total. The van der Waals surface area contributed by atoms with E-state index in [1.807, 2.05) is 12.1 Å². The molecule has 5 nitrogen and oxygen atoms in total. The Hall–Kier alpha value is -2.17. The fraction of sp³-hybridized carbons (Fsp3) is 0.667. The minimum atomic E-state index is -1.00. The van der Waals surface area contributed by atoms with Crippen molar-refractivity contribution in [2.75, 3.05) is 19.8 Å². The molecule has 1 rings (SSSR count). The molecule has 0 radical (unpaired) electrons. The van der Waals surface area contributed by atoms with Crippen LogP contribution in [0.3, 0.4) is 0 Å². The van der Waals surface area contributed by atoms with Gasteiger partial charge in [-0.25, -0.2) is 4.79 Å². The summed E-state index contributed by atoms with van der Waals surface area (Å²) in [6, 6.07) is 3.76. The van der Waals surface area contributed by atoms with Crippen molar-refractivity contribution in [1.82, 2.24) is 0 Å². The predicted molar refractivity (Wildman–Crippen MR) is 132 cm³/mol. The van der Waals surface area contributed by atoms with E-state index in [1.165, 1.54) is 38.5 Å². The van der Waals surface area contributed by atoms with Crippen molar-refractivity contribution >= 4 is 12.0 Å². The molecule has 0 heterocycles. The van der Waals surface area contributed by atoms with Crippen LogP contribution in [0.15, 0.2) is 18.2 Å². The van der Waals surface area contributed by atoms with Gasteiger partial charge in [0.05, 0.1) is 25.4 Å². The maximum absolute atomic E-state index is 11.2. The lowest BCUT2D eigenvalue weighted by Crippen LogP contribution is -2.06. The number of carbonyl (C=O) groups is 1. The molecule has 0 saturated carbocycles. The van der Waals surface area contributed by atoms with E-state index in [4.69, 9.17) is 14.2 Å². The van der Waals surface area contributed by atoms with E-state index in [0.717, 1.165) is 44.6 Å². The van der Waals surface area contributed by atoms with Crippen LogP contribution in [0, 0.1) is 0 Å². The van der Waals surface area contributed by atoms with Gasteiger partial charge in [0.25, 0.3) is 0 Å². The fourth-order valence-corrected chi connectivity index (χ4v) is 3.39. The van der Waals surface area contributed by atoms with E-state index >= 15 is 0 Å². The van der Waals surface area contributed by atoms with Gasteiger partial charge in [-0.3, -0.25) is 0 Å². The fourth-order valence-electron chi connectivity index (χ4n) is 3.39. The third-order valence-electron chi connectivity index (χ3n) is 5.27. The molecule has 182 valence electrons. The normalized spacial score (nSPS) is 11.1. The molecule has 0 aliphatic rings. The Labute approximate surface area is 195 Å². The molecule has 0 aromatic heterocycles. The molecule has 0 fully saturated rings. The first kappa shape index (κ1) is 27.9. The zero-order valence-electron chi connectivity index (χ0n) is 20.5. The highest BCUT2D eigenvalue weighted by Crippen LogP contribution is 2.39. The molecule has 0 amide bonds. The molecule has 1 aromatic carbocycles. The zero-order chi connectivity index (χ0) is 23.4. The lowest BCUT2D eigenvalue weighted by atomic mass is 10.1. The Bertz CT molecular complexity index is 654. The van der Waals surface area contributed by atoms with Crippen molar-refractivity contribution in [3.63, 3.8) is 0 Å². The van der Waals surface area contributed by atoms with Crippen LogP contribution in [-0.2, 0) is 4.79 Å².